The fourth-order valence-electron chi connectivity index (χ4n) is 3.70. The zero-order valence-corrected chi connectivity index (χ0v) is 9.95. The standard InChI is InChI=1S/C13H19NO3/c15-11(14-13(3-4-13)12(16)17)7-10-6-8-1-2-9(10)5-8/h8-10H,1-7H2,(H,14,15)(H,16,17). The Hall–Kier alpha value is -1.06. The van der Waals surface area contributed by atoms with Crippen LogP contribution in [0.5, 0.6) is 0 Å². The van der Waals surface area contributed by atoms with Gasteiger partial charge in [-0.25, -0.2) is 4.79 Å². The van der Waals surface area contributed by atoms with Crippen LogP contribution in [-0.4, -0.2) is 22.5 Å². The second-order valence-electron chi connectivity index (χ2n) is 6.07. The van der Waals surface area contributed by atoms with Crippen molar-refractivity contribution in [3.63, 3.8) is 0 Å². The Morgan fingerprint density at radius 1 is 1.24 bits per heavy atom. The van der Waals surface area contributed by atoms with E-state index in [9.17, 15) is 9.59 Å². The molecule has 3 atom stereocenters. The molecule has 0 radical (unpaired) electrons. The van der Waals surface area contributed by atoms with Crippen LogP contribution in [0.3, 0.4) is 0 Å². The lowest BCUT2D eigenvalue weighted by atomic mass is 9.86. The fraction of sp³-hybridized carbons (Fsp3) is 0.846. The van der Waals surface area contributed by atoms with E-state index in [1.165, 1.54) is 25.7 Å². The number of hydrogen-bond acceptors (Lipinski definition) is 2. The van der Waals surface area contributed by atoms with Crippen molar-refractivity contribution >= 4 is 11.9 Å². The summed E-state index contributed by atoms with van der Waals surface area (Å²) in [5.74, 6) is 1.15. The molecule has 3 fully saturated rings. The van der Waals surface area contributed by atoms with Crippen molar-refractivity contribution in [2.75, 3.05) is 0 Å². The van der Waals surface area contributed by atoms with E-state index >= 15 is 0 Å². The highest BCUT2D eigenvalue weighted by Crippen LogP contribution is 2.49. The first-order valence-electron chi connectivity index (χ1n) is 6.63. The molecule has 3 unspecified atom stereocenters. The molecule has 4 heteroatoms. The molecule has 3 aliphatic carbocycles. The number of nitrogens with one attached hydrogen (secondary N) is 1. The summed E-state index contributed by atoms with van der Waals surface area (Å²) in [5, 5.41) is 11.7. The van der Waals surface area contributed by atoms with E-state index in [2.05, 4.69) is 5.32 Å². The van der Waals surface area contributed by atoms with E-state index in [1.54, 1.807) is 0 Å². The third-order valence-corrected chi connectivity index (χ3v) is 4.87. The molecule has 2 bridgehead atoms. The van der Waals surface area contributed by atoms with Gasteiger partial charge in [0.2, 0.25) is 5.91 Å². The Morgan fingerprint density at radius 2 is 2.00 bits per heavy atom. The first kappa shape index (κ1) is 11.1. The highest BCUT2D eigenvalue weighted by molar-refractivity contribution is 5.89. The van der Waals surface area contributed by atoms with Crippen LogP contribution < -0.4 is 5.32 Å². The van der Waals surface area contributed by atoms with E-state index in [-0.39, 0.29) is 5.91 Å². The lowest BCUT2D eigenvalue weighted by Gasteiger charge is -2.22. The van der Waals surface area contributed by atoms with Crippen LogP contribution in [0.25, 0.3) is 0 Å². The molecule has 3 saturated carbocycles. The normalized spacial score (nSPS) is 36.8. The molecule has 4 nitrogen and oxygen atoms in total. The third-order valence-electron chi connectivity index (χ3n) is 4.87. The molecule has 3 rings (SSSR count). The summed E-state index contributed by atoms with van der Waals surface area (Å²) >= 11 is 0. The van der Waals surface area contributed by atoms with Gasteiger partial charge in [-0.3, -0.25) is 4.79 Å². The van der Waals surface area contributed by atoms with Gasteiger partial charge in [-0.1, -0.05) is 6.42 Å². The summed E-state index contributed by atoms with van der Waals surface area (Å²) in [4.78, 5) is 22.8. The maximum atomic E-state index is 11.9. The Morgan fingerprint density at radius 3 is 2.47 bits per heavy atom. The monoisotopic (exact) mass is 237 g/mol. The van der Waals surface area contributed by atoms with Crippen molar-refractivity contribution in [3.05, 3.63) is 0 Å². The number of carbonyl (C=O) groups is 2. The number of carbonyl (C=O) groups excluding carboxylic acids is 1. The fourth-order valence-corrected chi connectivity index (χ4v) is 3.70. The number of rotatable bonds is 4. The second kappa shape index (κ2) is 3.72. The highest BCUT2D eigenvalue weighted by atomic mass is 16.4. The predicted octanol–water partition coefficient (Wildman–Crippen LogP) is 1.55. The molecule has 0 spiro atoms. The molecular formula is C13H19NO3. The Labute approximate surface area is 101 Å². The molecule has 2 N–H and O–H groups in total. The van der Waals surface area contributed by atoms with Crippen molar-refractivity contribution in [2.24, 2.45) is 17.8 Å². The highest BCUT2D eigenvalue weighted by Gasteiger charge is 2.52. The summed E-state index contributed by atoms with van der Waals surface area (Å²) in [5.41, 5.74) is -0.908. The average molecular weight is 237 g/mol. The lowest BCUT2D eigenvalue weighted by Crippen LogP contribution is -2.43. The molecule has 0 aliphatic heterocycles. The van der Waals surface area contributed by atoms with Gasteiger partial charge in [0.05, 0.1) is 0 Å². The number of carboxylic acids is 1. The van der Waals surface area contributed by atoms with Crippen LogP contribution in [-0.2, 0) is 9.59 Å². The van der Waals surface area contributed by atoms with E-state index in [0.717, 1.165) is 11.8 Å². The molecular weight excluding hydrogens is 218 g/mol. The van der Waals surface area contributed by atoms with Crippen molar-refractivity contribution in [1.29, 1.82) is 0 Å². The second-order valence-corrected chi connectivity index (χ2v) is 6.07. The number of amides is 1. The lowest BCUT2D eigenvalue weighted by molar-refractivity contribution is -0.143. The maximum Gasteiger partial charge on any atom is 0.329 e. The number of aliphatic carboxylic acids is 1. The molecule has 0 saturated heterocycles. The quantitative estimate of drug-likeness (QED) is 0.779. The smallest absolute Gasteiger partial charge is 0.329 e. The minimum Gasteiger partial charge on any atom is -0.480 e. The minimum absolute atomic E-state index is 0.0533. The summed E-state index contributed by atoms with van der Waals surface area (Å²) in [6, 6.07) is 0. The van der Waals surface area contributed by atoms with Crippen molar-refractivity contribution in [1.82, 2.24) is 5.32 Å². The number of fused-ring (bicyclic) bond motifs is 2. The molecule has 0 aromatic rings. The number of hydrogen-bond donors (Lipinski definition) is 2. The van der Waals surface area contributed by atoms with Gasteiger partial charge in [0.15, 0.2) is 0 Å². The van der Waals surface area contributed by atoms with Crippen LogP contribution in [0.1, 0.15) is 44.9 Å². The van der Waals surface area contributed by atoms with Crippen molar-refractivity contribution < 1.29 is 14.7 Å². The van der Waals surface area contributed by atoms with Gasteiger partial charge in [-0.2, -0.15) is 0 Å². The minimum atomic E-state index is -0.908. The van der Waals surface area contributed by atoms with Crippen LogP contribution in [0.2, 0.25) is 0 Å². The van der Waals surface area contributed by atoms with Crippen LogP contribution in [0, 0.1) is 17.8 Å². The van der Waals surface area contributed by atoms with E-state index < -0.39 is 11.5 Å². The molecule has 17 heavy (non-hydrogen) atoms. The Bertz CT molecular complexity index is 362. The Kier molecular flexibility index (Phi) is 2.42. The Balaban J connectivity index is 1.53. The summed E-state index contributed by atoms with van der Waals surface area (Å²) in [7, 11) is 0. The topological polar surface area (TPSA) is 66.4 Å². The van der Waals surface area contributed by atoms with Gasteiger partial charge < -0.3 is 10.4 Å². The zero-order valence-electron chi connectivity index (χ0n) is 9.95. The van der Waals surface area contributed by atoms with E-state index in [4.69, 9.17) is 5.11 Å². The molecule has 94 valence electrons. The van der Waals surface area contributed by atoms with Gasteiger partial charge in [-0.15, -0.1) is 0 Å². The molecule has 1 amide bonds. The van der Waals surface area contributed by atoms with Gasteiger partial charge in [-0.05, 0) is 49.9 Å². The molecule has 3 aliphatic rings. The van der Waals surface area contributed by atoms with Gasteiger partial charge >= 0.3 is 5.97 Å². The van der Waals surface area contributed by atoms with Crippen LogP contribution >= 0.6 is 0 Å². The maximum absolute atomic E-state index is 11.9. The molecule has 0 heterocycles. The van der Waals surface area contributed by atoms with Gasteiger partial charge in [0.25, 0.3) is 0 Å². The molecule has 0 aromatic heterocycles. The third kappa shape index (κ3) is 1.94. The van der Waals surface area contributed by atoms with Gasteiger partial charge in [0.1, 0.15) is 5.54 Å². The first-order chi connectivity index (χ1) is 8.09. The summed E-state index contributed by atoms with van der Waals surface area (Å²) in [6.07, 6.45) is 6.79. The average Bonchev–Trinajstić information content (AvgIpc) is 2.77. The zero-order chi connectivity index (χ0) is 12.0. The van der Waals surface area contributed by atoms with Gasteiger partial charge in [0, 0.05) is 6.42 Å². The van der Waals surface area contributed by atoms with E-state index in [0.29, 0.717) is 25.2 Å². The van der Waals surface area contributed by atoms with Crippen molar-refractivity contribution in [3.8, 4) is 0 Å². The number of carboxylic acid groups (broad SMARTS) is 1. The largest absolute Gasteiger partial charge is 0.480 e. The van der Waals surface area contributed by atoms with Crippen LogP contribution in [0.15, 0.2) is 0 Å². The summed E-state index contributed by atoms with van der Waals surface area (Å²) < 4.78 is 0. The first-order valence-corrected chi connectivity index (χ1v) is 6.63. The van der Waals surface area contributed by atoms with Crippen molar-refractivity contribution in [2.45, 2.75) is 50.5 Å². The summed E-state index contributed by atoms with van der Waals surface area (Å²) in [6.45, 7) is 0. The molecule has 0 aromatic carbocycles. The SMILES string of the molecule is O=C(CC1CC2CCC1C2)NC1(C(=O)O)CC1. The predicted molar refractivity (Wildman–Crippen MR) is 61.3 cm³/mol. The van der Waals surface area contributed by atoms with Crippen LogP contribution in [0.4, 0.5) is 0 Å². The van der Waals surface area contributed by atoms with E-state index in [1.807, 2.05) is 0 Å².